The lowest BCUT2D eigenvalue weighted by atomic mass is 10.1. The van der Waals surface area contributed by atoms with Gasteiger partial charge >= 0.3 is 5.97 Å². The van der Waals surface area contributed by atoms with E-state index in [1.807, 2.05) is 13.8 Å². The van der Waals surface area contributed by atoms with Crippen molar-refractivity contribution >= 4 is 16.9 Å². The number of nitrogens with one attached hydrogen (secondary N) is 1. The summed E-state index contributed by atoms with van der Waals surface area (Å²) in [4.78, 5) is 28.2. The Labute approximate surface area is 167 Å². The second kappa shape index (κ2) is 7.97. The van der Waals surface area contributed by atoms with Crippen LogP contribution < -0.4 is 5.56 Å². The molecular formula is C21H23N3O5. The van der Waals surface area contributed by atoms with Gasteiger partial charge in [0.2, 0.25) is 0 Å². The Balaban J connectivity index is 2.12. The number of carbonyl (C=O) groups excluding carboxylic acids is 1. The van der Waals surface area contributed by atoms with Crippen LogP contribution in [0.1, 0.15) is 53.0 Å². The van der Waals surface area contributed by atoms with Crippen LogP contribution in [0, 0.1) is 31.6 Å². The third-order valence-corrected chi connectivity index (χ3v) is 4.34. The van der Waals surface area contributed by atoms with Crippen LogP contribution in [0.25, 0.3) is 10.9 Å². The molecule has 0 aliphatic heterocycles. The number of fused-ring (bicyclic) bond motifs is 1. The largest absolute Gasteiger partial charge is 0.462 e. The number of H-pyrrole nitrogens is 1. The van der Waals surface area contributed by atoms with Crippen molar-refractivity contribution < 1.29 is 19.2 Å². The number of ether oxygens (including phenoxy) is 1. The van der Waals surface area contributed by atoms with Gasteiger partial charge < -0.3 is 23.9 Å². The first-order valence-corrected chi connectivity index (χ1v) is 9.20. The number of hydrogen-bond acceptors (Lipinski definition) is 6. The van der Waals surface area contributed by atoms with Crippen LogP contribution in [0.5, 0.6) is 0 Å². The summed E-state index contributed by atoms with van der Waals surface area (Å²) in [6, 6.07) is 1.59. The summed E-state index contributed by atoms with van der Waals surface area (Å²) in [6.07, 6.45) is 0.362. The van der Waals surface area contributed by atoms with E-state index in [2.05, 4.69) is 22.0 Å². The lowest BCUT2D eigenvalue weighted by Crippen LogP contribution is -2.17. The van der Waals surface area contributed by atoms with E-state index in [1.165, 1.54) is 10.8 Å². The Morgan fingerprint density at radius 2 is 2.14 bits per heavy atom. The van der Waals surface area contributed by atoms with Crippen LogP contribution in [0.2, 0.25) is 0 Å². The monoisotopic (exact) mass is 397 g/mol. The second-order valence-electron chi connectivity index (χ2n) is 7.36. The van der Waals surface area contributed by atoms with E-state index in [9.17, 15) is 14.7 Å². The molecule has 0 fully saturated rings. The highest BCUT2D eigenvalue weighted by Crippen LogP contribution is 2.24. The van der Waals surface area contributed by atoms with Crippen molar-refractivity contribution in [2.24, 2.45) is 13.0 Å². The van der Waals surface area contributed by atoms with E-state index in [4.69, 9.17) is 9.26 Å². The SMILES string of the molecule is Cc1cc([C@H](O)C#Cc2cn(C)c(=O)c3[nH]c(C)c(C(=O)OCC(C)C)c23)no1. The third-order valence-electron chi connectivity index (χ3n) is 4.34. The molecule has 0 saturated heterocycles. The molecule has 0 unspecified atom stereocenters. The fraction of sp³-hybridized carbons (Fsp3) is 0.381. The number of hydrogen-bond donors (Lipinski definition) is 2. The minimum absolute atomic E-state index is 0.178. The summed E-state index contributed by atoms with van der Waals surface area (Å²) in [5, 5.41) is 14.4. The molecule has 1 atom stereocenters. The zero-order chi connectivity index (χ0) is 21.3. The first-order valence-electron chi connectivity index (χ1n) is 9.20. The van der Waals surface area contributed by atoms with E-state index in [-0.39, 0.29) is 34.9 Å². The molecule has 0 aliphatic rings. The van der Waals surface area contributed by atoms with E-state index in [0.717, 1.165) is 0 Å². The fourth-order valence-electron chi connectivity index (χ4n) is 2.95. The Morgan fingerprint density at radius 1 is 1.41 bits per heavy atom. The Bertz CT molecular complexity index is 1190. The van der Waals surface area contributed by atoms with Crippen molar-refractivity contribution in [3.63, 3.8) is 0 Å². The lowest BCUT2D eigenvalue weighted by molar-refractivity contribution is 0.0460. The number of carbonyl (C=O) groups is 1. The topological polar surface area (TPSA) is 110 Å². The van der Waals surface area contributed by atoms with Gasteiger partial charge in [-0.3, -0.25) is 4.79 Å². The van der Waals surface area contributed by atoms with Crippen molar-refractivity contribution in [1.82, 2.24) is 14.7 Å². The van der Waals surface area contributed by atoms with E-state index in [0.29, 0.717) is 22.4 Å². The predicted octanol–water partition coefficient (Wildman–Crippen LogP) is 2.37. The number of aliphatic hydroxyl groups excluding tert-OH is 1. The summed E-state index contributed by atoms with van der Waals surface area (Å²) in [7, 11) is 1.59. The maximum atomic E-state index is 12.7. The zero-order valence-electron chi connectivity index (χ0n) is 17.0. The molecule has 3 rings (SSSR count). The second-order valence-corrected chi connectivity index (χ2v) is 7.36. The summed E-state index contributed by atoms with van der Waals surface area (Å²) in [5.41, 5.74) is 1.48. The minimum Gasteiger partial charge on any atom is -0.462 e. The summed E-state index contributed by atoms with van der Waals surface area (Å²) >= 11 is 0. The standard InChI is InChI=1S/C21H23N3O5/c1-11(2)10-28-21(27)17-13(4)22-19-18(17)14(9-24(5)20(19)26)6-7-16(25)15-8-12(3)29-23-15/h8-9,11,16,22,25H,10H2,1-5H3/t16-/m1/s1. The average Bonchev–Trinajstić information content (AvgIpc) is 3.24. The molecule has 29 heavy (non-hydrogen) atoms. The molecule has 0 aromatic carbocycles. The van der Waals surface area contributed by atoms with Crippen LogP contribution in [0.3, 0.4) is 0 Å². The van der Waals surface area contributed by atoms with E-state index < -0.39 is 12.1 Å². The Kier molecular flexibility index (Phi) is 5.62. The molecule has 3 heterocycles. The van der Waals surface area contributed by atoms with Gasteiger partial charge in [0, 0.05) is 30.4 Å². The summed E-state index contributed by atoms with van der Waals surface area (Å²) < 4.78 is 11.7. The van der Waals surface area contributed by atoms with Gasteiger partial charge in [-0.05, 0) is 19.8 Å². The normalized spacial score (nSPS) is 12.1. The number of rotatable bonds is 4. The quantitative estimate of drug-likeness (QED) is 0.517. The van der Waals surface area contributed by atoms with Gasteiger partial charge in [-0.2, -0.15) is 0 Å². The van der Waals surface area contributed by atoms with E-state index in [1.54, 1.807) is 27.0 Å². The molecule has 0 amide bonds. The summed E-state index contributed by atoms with van der Waals surface area (Å²) in [5.74, 6) is 5.78. The maximum absolute atomic E-state index is 12.7. The van der Waals surface area contributed by atoms with Crippen molar-refractivity contribution in [2.45, 2.75) is 33.8 Å². The number of esters is 1. The molecule has 152 valence electrons. The molecule has 0 bridgehead atoms. The van der Waals surface area contributed by atoms with Crippen molar-refractivity contribution in [1.29, 1.82) is 0 Å². The molecule has 8 heteroatoms. The minimum atomic E-state index is -1.17. The Morgan fingerprint density at radius 3 is 2.76 bits per heavy atom. The number of nitrogens with zero attached hydrogens (tertiary/aromatic N) is 2. The molecule has 0 spiro atoms. The van der Waals surface area contributed by atoms with Crippen LogP contribution in [-0.4, -0.2) is 32.4 Å². The van der Waals surface area contributed by atoms with Gasteiger partial charge in [0.05, 0.1) is 17.7 Å². The number of aromatic nitrogens is 3. The summed E-state index contributed by atoms with van der Waals surface area (Å²) in [6.45, 7) is 7.56. The predicted molar refractivity (Wildman–Crippen MR) is 106 cm³/mol. The van der Waals surface area contributed by atoms with Gasteiger partial charge in [0.15, 0.2) is 6.10 Å². The number of aromatic amines is 1. The van der Waals surface area contributed by atoms with Gasteiger partial charge in [0.25, 0.3) is 5.56 Å². The first kappa shape index (κ1) is 20.4. The molecular weight excluding hydrogens is 374 g/mol. The molecule has 0 saturated carbocycles. The molecule has 2 N–H and O–H groups in total. The van der Waals surface area contributed by atoms with Crippen LogP contribution in [0.15, 0.2) is 21.6 Å². The molecule has 0 aliphatic carbocycles. The maximum Gasteiger partial charge on any atom is 0.340 e. The van der Waals surface area contributed by atoms with Crippen molar-refractivity contribution in [3.05, 3.63) is 50.9 Å². The number of aryl methyl sites for hydroxylation is 3. The lowest BCUT2D eigenvalue weighted by Gasteiger charge is -2.08. The van der Waals surface area contributed by atoms with Crippen molar-refractivity contribution in [3.8, 4) is 11.8 Å². The highest BCUT2D eigenvalue weighted by atomic mass is 16.5. The smallest absolute Gasteiger partial charge is 0.340 e. The van der Waals surface area contributed by atoms with Crippen LogP contribution in [0.4, 0.5) is 0 Å². The number of pyridine rings is 1. The fourth-order valence-corrected chi connectivity index (χ4v) is 2.95. The Hall–Kier alpha value is -3.31. The zero-order valence-corrected chi connectivity index (χ0v) is 17.0. The average molecular weight is 397 g/mol. The van der Waals surface area contributed by atoms with Gasteiger partial charge in [-0.1, -0.05) is 30.8 Å². The molecule has 3 aromatic rings. The molecule has 3 aromatic heterocycles. The third kappa shape index (κ3) is 4.10. The van der Waals surface area contributed by atoms with Crippen LogP contribution >= 0.6 is 0 Å². The van der Waals surface area contributed by atoms with E-state index >= 15 is 0 Å². The van der Waals surface area contributed by atoms with Gasteiger partial charge in [0.1, 0.15) is 17.0 Å². The van der Waals surface area contributed by atoms with Crippen LogP contribution in [-0.2, 0) is 11.8 Å². The molecule has 8 nitrogen and oxygen atoms in total. The van der Waals surface area contributed by atoms with Gasteiger partial charge in [-0.15, -0.1) is 0 Å². The highest BCUT2D eigenvalue weighted by molar-refractivity contribution is 6.07. The number of aliphatic hydroxyl groups is 1. The molecule has 0 radical (unpaired) electrons. The highest BCUT2D eigenvalue weighted by Gasteiger charge is 2.22. The van der Waals surface area contributed by atoms with Crippen molar-refractivity contribution in [2.75, 3.05) is 6.61 Å². The van der Waals surface area contributed by atoms with Gasteiger partial charge in [-0.25, -0.2) is 4.79 Å². The first-order chi connectivity index (χ1) is 13.7.